The zero-order chi connectivity index (χ0) is 17.9. The molecule has 0 saturated carbocycles. The summed E-state index contributed by atoms with van der Waals surface area (Å²) in [5.41, 5.74) is 1.15. The smallest absolute Gasteiger partial charge is 0.253 e. The van der Waals surface area contributed by atoms with Crippen molar-refractivity contribution in [2.24, 2.45) is 0 Å². The van der Waals surface area contributed by atoms with Crippen LogP contribution in [0.25, 0.3) is 0 Å². The summed E-state index contributed by atoms with van der Waals surface area (Å²) >= 11 is 12.1. The minimum atomic E-state index is -0.296. The molecule has 0 aliphatic rings. The third-order valence-corrected chi connectivity index (χ3v) is 4.99. The molecule has 5 heteroatoms. The van der Waals surface area contributed by atoms with Crippen LogP contribution in [0, 0.1) is 0 Å². The van der Waals surface area contributed by atoms with E-state index in [4.69, 9.17) is 23.2 Å². The zero-order valence-corrected chi connectivity index (χ0v) is 15.8. The van der Waals surface area contributed by atoms with Crippen LogP contribution in [0.4, 0.5) is 0 Å². The van der Waals surface area contributed by atoms with Crippen LogP contribution in [0.3, 0.4) is 0 Å². The maximum Gasteiger partial charge on any atom is 0.253 e. The van der Waals surface area contributed by atoms with Gasteiger partial charge >= 0.3 is 0 Å². The van der Waals surface area contributed by atoms with E-state index in [1.807, 2.05) is 44.4 Å². The second-order valence-corrected chi connectivity index (χ2v) is 7.33. The summed E-state index contributed by atoms with van der Waals surface area (Å²) in [6.45, 7) is 4.18. The molecule has 2 rings (SSSR count). The largest absolute Gasteiger partial charge is 0.343 e. The highest BCUT2D eigenvalue weighted by molar-refractivity contribution is 6.36. The molecule has 1 N–H and O–H groups in total. The van der Waals surface area contributed by atoms with Gasteiger partial charge in [0.25, 0.3) is 5.91 Å². The van der Waals surface area contributed by atoms with Crippen LogP contribution in [-0.2, 0) is 0 Å². The molecule has 0 saturated heterocycles. The minimum absolute atomic E-state index is 0.201. The summed E-state index contributed by atoms with van der Waals surface area (Å²) in [5.74, 6) is -0.222. The van der Waals surface area contributed by atoms with E-state index in [0.29, 0.717) is 15.6 Å². The molecule has 1 atom stereocenters. The Kier molecular flexibility index (Phi) is 5.92. The first-order valence-electron chi connectivity index (χ1n) is 7.71. The second-order valence-electron chi connectivity index (χ2n) is 6.49. The Bertz CT molecular complexity index is 715. The number of hydrogen-bond donors (Lipinski definition) is 1. The van der Waals surface area contributed by atoms with E-state index < -0.39 is 0 Å². The highest BCUT2D eigenvalue weighted by Crippen LogP contribution is 2.30. The quantitative estimate of drug-likeness (QED) is 0.825. The molecule has 1 unspecified atom stereocenters. The SMILES string of the molecule is CN(C)C(C)(C)C(NC(=O)c1ccc(Cl)cc1Cl)c1ccccc1. The first-order chi connectivity index (χ1) is 11.2. The van der Waals surface area contributed by atoms with Gasteiger partial charge in [-0.2, -0.15) is 0 Å². The van der Waals surface area contributed by atoms with E-state index in [9.17, 15) is 4.79 Å². The fourth-order valence-electron chi connectivity index (χ4n) is 2.45. The van der Waals surface area contributed by atoms with Crippen LogP contribution in [0.2, 0.25) is 10.0 Å². The van der Waals surface area contributed by atoms with Crippen molar-refractivity contribution < 1.29 is 4.79 Å². The molecule has 3 nitrogen and oxygen atoms in total. The third kappa shape index (κ3) is 4.10. The molecule has 2 aromatic carbocycles. The van der Waals surface area contributed by atoms with Gasteiger partial charge in [-0.1, -0.05) is 53.5 Å². The molecule has 1 amide bonds. The Morgan fingerprint density at radius 3 is 2.25 bits per heavy atom. The van der Waals surface area contributed by atoms with E-state index in [-0.39, 0.29) is 17.5 Å². The molecule has 0 bridgehead atoms. The Morgan fingerprint density at radius 1 is 1.08 bits per heavy atom. The number of benzene rings is 2. The molecule has 2 aromatic rings. The number of carbonyl (C=O) groups excluding carboxylic acids is 1. The number of amides is 1. The molecule has 24 heavy (non-hydrogen) atoms. The summed E-state index contributed by atoms with van der Waals surface area (Å²) in [6.07, 6.45) is 0. The van der Waals surface area contributed by atoms with E-state index in [0.717, 1.165) is 5.56 Å². The van der Waals surface area contributed by atoms with Gasteiger partial charge in [-0.05, 0) is 51.7 Å². The van der Waals surface area contributed by atoms with Crippen molar-refractivity contribution >= 4 is 29.1 Å². The van der Waals surface area contributed by atoms with Crippen molar-refractivity contribution in [3.05, 3.63) is 69.7 Å². The predicted octanol–water partition coefficient (Wildman–Crippen LogP) is 4.80. The second kappa shape index (κ2) is 7.56. The summed E-state index contributed by atoms with van der Waals surface area (Å²) in [7, 11) is 3.99. The first-order valence-corrected chi connectivity index (χ1v) is 8.47. The van der Waals surface area contributed by atoms with E-state index >= 15 is 0 Å². The lowest BCUT2D eigenvalue weighted by Crippen LogP contribution is -2.50. The van der Waals surface area contributed by atoms with Crippen molar-refractivity contribution in [2.75, 3.05) is 14.1 Å². The van der Waals surface area contributed by atoms with Crippen molar-refractivity contribution in [1.29, 1.82) is 0 Å². The Morgan fingerprint density at radius 2 is 1.71 bits per heavy atom. The maximum atomic E-state index is 12.8. The van der Waals surface area contributed by atoms with Crippen LogP contribution in [0.1, 0.15) is 35.8 Å². The Hall–Kier alpha value is -1.55. The number of halogens is 2. The molecule has 0 heterocycles. The minimum Gasteiger partial charge on any atom is -0.343 e. The van der Waals surface area contributed by atoms with E-state index in [2.05, 4.69) is 24.1 Å². The molecule has 0 aromatic heterocycles. The Balaban J connectivity index is 2.37. The van der Waals surface area contributed by atoms with Crippen LogP contribution in [0.15, 0.2) is 48.5 Å². The van der Waals surface area contributed by atoms with Gasteiger partial charge in [0.1, 0.15) is 0 Å². The van der Waals surface area contributed by atoms with Crippen LogP contribution < -0.4 is 5.32 Å². The van der Waals surface area contributed by atoms with Crippen molar-refractivity contribution in [1.82, 2.24) is 10.2 Å². The molecule has 0 fully saturated rings. The van der Waals surface area contributed by atoms with Gasteiger partial charge < -0.3 is 10.2 Å². The highest BCUT2D eigenvalue weighted by atomic mass is 35.5. The molecule has 0 aliphatic carbocycles. The van der Waals surface area contributed by atoms with Gasteiger partial charge in [-0.25, -0.2) is 0 Å². The van der Waals surface area contributed by atoms with Gasteiger partial charge in [0, 0.05) is 10.6 Å². The van der Waals surface area contributed by atoms with Gasteiger partial charge in [0.2, 0.25) is 0 Å². The summed E-state index contributed by atoms with van der Waals surface area (Å²) in [6, 6.07) is 14.6. The predicted molar refractivity (Wildman–Crippen MR) is 101 cm³/mol. The van der Waals surface area contributed by atoms with Crippen LogP contribution >= 0.6 is 23.2 Å². The Labute approximate surface area is 153 Å². The summed E-state index contributed by atoms with van der Waals surface area (Å²) in [4.78, 5) is 14.9. The van der Waals surface area contributed by atoms with Crippen molar-refractivity contribution in [3.8, 4) is 0 Å². The van der Waals surface area contributed by atoms with Crippen molar-refractivity contribution in [2.45, 2.75) is 25.4 Å². The normalized spacial score (nSPS) is 13.0. The standard InChI is InChI=1S/C19H22Cl2N2O/c1-19(2,23(3)4)17(13-8-6-5-7-9-13)22-18(24)15-11-10-14(20)12-16(15)21/h5-12,17H,1-4H3,(H,22,24). The van der Waals surface area contributed by atoms with Gasteiger partial charge in [0.15, 0.2) is 0 Å². The van der Waals surface area contributed by atoms with Gasteiger partial charge in [-0.3, -0.25) is 4.79 Å². The number of nitrogens with zero attached hydrogens (tertiary/aromatic N) is 1. The third-order valence-electron chi connectivity index (χ3n) is 4.44. The van der Waals surface area contributed by atoms with Crippen LogP contribution in [0.5, 0.6) is 0 Å². The highest BCUT2D eigenvalue weighted by Gasteiger charge is 2.34. The number of rotatable bonds is 5. The molecular formula is C19H22Cl2N2O. The number of hydrogen-bond acceptors (Lipinski definition) is 2. The lowest BCUT2D eigenvalue weighted by atomic mass is 9.87. The zero-order valence-electron chi connectivity index (χ0n) is 14.3. The fourth-order valence-corrected chi connectivity index (χ4v) is 2.95. The molecule has 0 aliphatic heterocycles. The first kappa shape index (κ1) is 18.8. The average molecular weight is 365 g/mol. The topological polar surface area (TPSA) is 32.3 Å². The number of nitrogens with one attached hydrogen (secondary N) is 1. The summed E-state index contributed by atoms with van der Waals surface area (Å²) < 4.78 is 0. The number of carbonyl (C=O) groups is 1. The van der Waals surface area contributed by atoms with Crippen molar-refractivity contribution in [3.63, 3.8) is 0 Å². The molecule has 0 spiro atoms. The van der Waals surface area contributed by atoms with Crippen LogP contribution in [-0.4, -0.2) is 30.4 Å². The maximum absolute atomic E-state index is 12.8. The van der Waals surface area contributed by atoms with E-state index in [1.165, 1.54) is 0 Å². The average Bonchev–Trinajstić information content (AvgIpc) is 2.52. The molecular weight excluding hydrogens is 343 g/mol. The fraction of sp³-hybridized carbons (Fsp3) is 0.316. The van der Waals surface area contributed by atoms with Gasteiger partial charge in [0.05, 0.1) is 16.6 Å². The molecule has 0 radical (unpaired) electrons. The lowest BCUT2D eigenvalue weighted by molar-refractivity contribution is 0.0840. The molecule has 128 valence electrons. The monoisotopic (exact) mass is 364 g/mol. The van der Waals surface area contributed by atoms with Gasteiger partial charge in [-0.15, -0.1) is 0 Å². The summed E-state index contributed by atoms with van der Waals surface area (Å²) in [5, 5.41) is 3.97. The van der Waals surface area contributed by atoms with E-state index in [1.54, 1.807) is 18.2 Å². The number of likely N-dealkylation sites (N-methyl/N-ethyl adjacent to an activating group) is 1. The lowest BCUT2D eigenvalue weighted by Gasteiger charge is -2.40.